The van der Waals surface area contributed by atoms with Crippen LogP contribution in [0.25, 0.3) is 0 Å². The third kappa shape index (κ3) is 2.96. The zero-order valence-corrected chi connectivity index (χ0v) is 10.4. The Bertz CT molecular complexity index is 675. The number of aromatic nitrogens is 3. The van der Waals surface area contributed by atoms with E-state index in [4.69, 9.17) is 11.0 Å². The Kier molecular flexibility index (Phi) is 4.02. The van der Waals surface area contributed by atoms with Gasteiger partial charge in [0.1, 0.15) is 11.9 Å². The number of benzene rings is 1. The topological polar surface area (TPSA) is 110 Å². The summed E-state index contributed by atoms with van der Waals surface area (Å²) in [5, 5.41) is 18.7. The van der Waals surface area contributed by atoms with Gasteiger partial charge in [-0.2, -0.15) is 5.26 Å². The molecule has 2 aromatic rings. The van der Waals surface area contributed by atoms with Crippen molar-refractivity contribution in [1.29, 1.82) is 5.26 Å². The molecule has 3 N–H and O–H groups in total. The number of nitriles is 1. The maximum Gasteiger partial charge on any atom is 0.277 e. The van der Waals surface area contributed by atoms with E-state index < -0.39 is 11.7 Å². The molecule has 1 heterocycles. The smallest absolute Gasteiger partial charge is 0.277 e. The molecule has 0 atom stereocenters. The first-order valence-corrected chi connectivity index (χ1v) is 5.75. The number of nitrogens with zero attached hydrogens (tertiary/aromatic N) is 4. The van der Waals surface area contributed by atoms with Gasteiger partial charge in [-0.15, -0.1) is 5.10 Å². The van der Waals surface area contributed by atoms with Crippen molar-refractivity contribution in [2.45, 2.75) is 6.54 Å². The molecule has 1 aromatic heterocycles. The molecule has 0 saturated carbocycles. The summed E-state index contributed by atoms with van der Waals surface area (Å²) in [5.74, 6) is -1.14. The highest BCUT2D eigenvalue weighted by Crippen LogP contribution is 2.14. The number of rotatable bonds is 4. The number of carbonyl (C=O) groups is 1. The average Bonchev–Trinajstić information content (AvgIpc) is 2.90. The highest BCUT2D eigenvalue weighted by molar-refractivity contribution is 6.02. The third-order valence-electron chi connectivity index (χ3n) is 2.47. The lowest BCUT2D eigenvalue weighted by Gasteiger charge is -2.03. The molecule has 20 heavy (non-hydrogen) atoms. The van der Waals surface area contributed by atoms with Crippen LogP contribution in [-0.2, 0) is 6.54 Å². The summed E-state index contributed by atoms with van der Waals surface area (Å²) in [4.78, 5) is 11.9. The summed E-state index contributed by atoms with van der Waals surface area (Å²) >= 11 is 0. The second-order valence-corrected chi connectivity index (χ2v) is 3.92. The maximum atomic E-state index is 13.1. The summed E-state index contributed by atoms with van der Waals surface area (Å²) in [6.07, 6.45) is 1.46. The quantitative estimate of drug-likeness (QED) is 0.843. The minimum Gasteiger partial charge on any atom is -0.329 e. The first kappa shape index (κ1) is 13.6. The fourth-order valence-electron chi connectivity index (χ4n) is 1.53. The number of nitrogens with two attached hydrogens (primary N) is 1. The van der Waals surface area contributed by atoms with Gasteiger partial charge in [-0.1, -0.05) is 5.21 Å². The van der Waals surface area contributed by atoms with Crippen molar-refractivity contribution in [3.05, 3.63) is 41.5 Å². The van der Waals surface area contributed by atoms with Crippen molar-refractivity contribution in [2.75, 3.05) is 11.9 Å². The standard InChI is InChI=1S/C12H11FN6O/c13-10-2-1-9(5-8(10)6-15)16-12(20)11-7-19(4-3-14)18-17-11/h1-2,5,7H,3-4,14H2,(H,16,20). The molecule has 102 valence electrons. The van der Waals surface area contributed by atoms with E-state index in [0.29, 0.717) is 18.8 Å². The average molecular weight is 274 g/mol. The number of halogens is 1. The van der Waals surface area contributed by atoms with Gasteiger partial charge >= 0.3 is 0 Å². The molecule has 0 fully saturated rings. The van der Waals surface area contributed by atoms with Gasteiger partial charge in [0, 0.05) is 12.2 Å². The Hall–Kier alpha value is -2.79. The number of hydrogen-bond acceptors (Lipinski definition) is 5. The Balaban J connectivity index is 2.13. The molecule has 0 unspecified atom stereocenters. The second kappa shape index (κ2) is 5.90. The SMILES string of the molecule is N#Cc1cc(NC(=O)c2cn(CCN)nn2)ccc1F. The lowest BCUT2D eigenvalue weighted by Crippen LogP contribution is -2.13. The predicted octanol–water partition coefficient (Wildman–Crippen LogP) is 0.500. The minimum atomic E-state index is -0.639. The van der Waals surface area contributed by atoms with Gasteiger partial charge in [-0.25, -0.2) is 4.39 Å². The van der Waals surface area contributed by atoms with Crippen molar-refractivity contribution < 1.29 is 9.18 Å². The monoisotopic (exact) mass is 274 g/mol. The first-order chi connectivity index (χ1) is 9.63. The van der Waals surface area contributed by atoms with E-state index in [2.05, 4.69) is 15.6 Å². The van der Waals surface area contributed by atoms with E-state index in [9.17, 15) is 9.18 Å². The van der Waals surface area contributed by atoms with Crippen LogP contribution in [0.5, 0.6) is 0 Å². The van der Waals surface area contributed by atoms with Crippen LogP contribution < -0.4 is 11.1 Å². The molecular formula is C12H11FN6O. The second-order valence-electron chi connectivity index (χ2n) is 3.92. The third-order valence-corrected chi connectivity index (χ3v) is 2.47. The zero-order chi connectivity index (χ0) is 14.5. The van der Waals surface area contributed by atoms with Gasteiger partial charge in [-0.3, -0.25) is 9.48 Å². The van der Waals surface area contributed by atoms with Crippen LogP contribution in [0.3, 0.4) is 0 Å². The van der Waals surface area contributed by atoms with Crippen molar-refractivity contribution >= 4 is 11.6 Å². The fourth-order valence-corrected chi connectivity index (χ4v) is 1.53. The number of nitrogens with one attached hydrogen (secondary N) is 1. The van der Waals surface area contributed by atoms with Crippen molar-refractivity contribution in [3.8, 4) is 6.07 Å². The summed E-state index contributed by atoms with van der Waals surface area (Å²) in [5.41, 5.74) is 5.64. The molecule has 1 amide bonds. The fraction of sp³-hybridized carbons (Fsp3) is 0.167. The van der Waals surface area contributed by atoms with E-state index in [0.717, 1.165) is 6.07 Å². The molecule has 0 saturated heterocycles. The van der Waals surface area contributed by atoms with Crippen molar-refractivity contribution in [2.24, 2.45) is 5.73 Å². The van der Waals surface area contributed by atoms with Gasteiger partial charge in [0.2, 0.25) is 0 Å². The highest BCUT2D eigenvalue weighted by atomic mass is 19.1. The number of anilines is 1. The van der Waals surface area contributed by atoms with Crippen molar-refractivity contribution in [3.63, 3.8) is 0 Å². The largest absolute Gasteiger partial charge is 0.329 e. The minimum absolute atomic E-state index is 0.112. The number of amides is 1. The van der Waals surface area contributed by atoms with E-state index in [1.54, 1.807) is 6.07 Å². The van der Waals surface area contributed by atoms with E-state index in [1.165, 1.54) is 23.0 Å². The van der Waals surface area contributed by atoms with Crippen LogP contribution in [0.1, 0.15) is 16.1 Å². The number of carbonyl (C=O) groups excluding carboxylic acids is 1. The predicted molar refractivity (Wildman–Crippen MR) is 68.1 cm³/mol. The zero-order valence-electron chi connectivity index (χ0n) is 10.4. The summed E-state index contributed by atoms with van der Waals surface area (Å²) in [6, 6.07) is 5.41. The van der Waals surface area contributed by atoms with Gasteiger partial charge < -0.3 is 11.1 Å². The van der Waals surface area contributed by atoms with Crippen LogP contribution in [0.15, 0.2) is 24.4 Å². The number of hydrogen-bond donors (Lipinski definition) is 2. The molecular weight excluding hydrogens is 263 g/mol. The molecule has 0 bridgehead atoms. The van der Waals surface area contributed by atoms with Crippen LogP contribution in [-0.4, -0.2) is 27.4 Å². The van der Waals surface area contributed by atoms with E-state index >= 15 is 0 Å². The van der Waals surface area contributed by atoms with Gasteiger partial charge in [0.25, 0.3) is 5.91 Å². The molecule has 0 aliphatic rings. The summed E-state index contributed by atoms with van der Waals surface area (Å²) in [7, 11) is 0. The normalized spacial score (nSPS) is 10.1. The molecule has 0 aliphatic carbocycles. The van der Waals surface area contributed by atoms with Crippen LogP contribution in [0.2, 0.25) is 0 Å². The maximum absolute atomic E-state index is 13.1. The summed E-state index contributed by atoms with van der Waals surface area (Å²) in [6.45, 7) is 0.837. The Morgan fingerprint density at radius 3 is 3.05 bits per heavy atom. The Morgan fingerprint density at radius 2 is 2.35 bits per heavy atom. The first-order valence-electron chi connectivity index (χ1n) is 5.75. The highest BCUT2D eigenvalue weighted by Gasteiger charge is 2.12. The molecule has 2 rings (SSSR count). The molecule has 7 nitrogen and oxygen atoms in total. The van der Waals surface area contributed by atoms with Crippen LogP contribution in [0, 0.1) is 17.1 Å². The van der Waals surface area contributed by atoms with Gasteiger partial charge in [0.15, 0.2) is 5.69 Å². The Labute approximate surface area is 113 Å². The molecule has 0 radical (unpaired) electrons. The van der Waals surface area contributed by atoms with Crippen LogP contribution >= 0.6 is 0 Å². The molecule has 1 aromatic carbocycles. The van der Waals surface area contributed by atoms with Gasteiger partial charge in [-0.05, 0) is 18.2 Å². The van der Waals surface area contributed by atoms with E-state index in [-0.39, 0.29) is 11.3 Å². The van der Waals surface area contributed by atoms with Crippen molar-refractivity contribution in [1.82, 2.24) is 15.0 Å². The lowest BCUT2D eigenvalue weighted by molar-refractivity contribution is 0.102. The molecule has 8 heteroatoms. The molecule has 0 aliphatic heterocycles. The van der Waals surface area contributed by atoms with Crippen LogP contribution in [0.4, 0.5) is 10.1 Å². The lowest BCUT2D eigenvalue weighted by atomic mass is 10.2. The van der Waals surface area contributed by atoms with E-state index in [1.807, 2.05) is 0 Å². The molecule has 0 spiro atoms. The Morgan fingerprint density at radius 1 is 1.55 bits per heavy atom. The van der Waals surface area contributed by atoms with Gasteiger partial charge in [0.05, 0.1) is 18.3 Å². The summed E-state index contributed by atoms with van der Waals surface area (Å²) < 4.78 is 14.6.